The van der Waals surface area contributed by atoms with Gasteiger partial charge in [-0.1, -0.05) is 0 Å². The Hall–Kier alpha value is -2.03. The Bertz CT molecular complexity index is 676. The molecule has 138 valence electrons. The number of nitrogens with zero attached hydrogens (tertiary/aromatic N) is 2. The molecule has 5 nitrogen and oxygen atoms in total. The lowest BCUT2D eigenvalue weighted by Crippen LogP contribution is -2.46. The molecule has 2 saturated heterocycles. The van der Waals surface area contributed by atoms with Gasteiger partial charge in [-0.05, 0) is 0 Å². The summed E-state index contributed by atoms with van der Waals surface area (Å²) in [6, 6.07) is 0. The fourth-order valence-corrected chi connectivity index (χ4v) is 3.37. The zero-order valence-corrected chi connectivity index (χ0v) is 13.9. The molecule has 0 unspecified atom stereocenters. The first kappa shape index (κ1) is 17.8. The number of methoxy groups -OCH3 is 1. The molecule has 2 heterocycles. The number of hydrogen-bond acceptors (Lipinski definition) is 4. The molecule has 0 saturated carbocycles. The maximum absolute atomic E-state index is 14.1. The zero-order valence-electron chi connectivity index (χ0n) is 13.9. The highest BCUT2D eigenvalue weighted by Crippen LogP contribution is 2.35. The minimum Gasteiger partial charge on any atom is -0.491 e. The Kier molecular flexibility index (Phi) is 4.52. The van der Waals surface area contributed by atoms with Crippen LogP contribution in [0.1, 0.15) is 18.4 Å². The number of rotatable bonds is 3. The lowest BCUT2D eigenvalue weighted by molar-refractivity contribution is -0.00170. The highest BCUT2D eigenvalue weighted by atomic mass is 19.2. The molecule has 2 aliphatic heterocycles. The van der Waals surface area contributed by atoms with Gasteiger partial charge in [-0.2, -0.15) is 8.78 Å². The average molecular weight is 362 g/mol. The van der Waals surface area contributed by atoms with E-state index >= 15 is 0 Å². The lowest BCUT2D eigenvalue weighted by Gasteiger charge is -2.37. The van der Waals surface area contributed by atoms with Gasteiger partial charge in [0.2, 0.25) is 11.6 Å². The van der Waals surface area contributed by atoms with Crippen LogP contribution >= 0.6 is 0 Å². The van der Waals surface area contributed by atoms with Crippen molar-refractivity contribution in [3.8, 4) is 5.75 Å². The lowest BCUT2D eigenvalue weighted by atomic mass is 9.91. The van der Waals surface area contributed by atoms with E-state index in [1.807, 2.05) is 0 Å². The van der Waals surface area contributed by atoms with Gasteiger partial charge in [0, 0.05) is 45.1 Å². The van der Waals surface area contributed by atoms with Crippen LogP contribution in [0.3, 0.4) is 0 Å². The molecule has 2 aliphatic rings. The Balaban J connectivity index is 1.74. The standard InChI is InChI=1S/C16H18F4N2O3/c1-21-8-16(25-15(21)23)3-5-22(6-4-16)7-9-10(17)12(19)14(24-2)13(20)11(9)18/h3-8H2,1-2H3. The van der Waals surface area contributed by atoms with E-state index in [4.69, 9.17) is 4.74 Å². The first-order valence-electron chi connectivity index (χ1n) is 7.83. The average Bonchev–Trinajstić information content (AvgIpc) is 2.86. The Morgan fingerprint density at radius 3 is 2.08 bits per heavy atom. The SMILES string of the molecule is COc1c(F)c(F)c(CN2CCC3(CC2)CN(C)C(=O)O3)c(F)c1F. The number of likely N-dealkylation sites (N-methyl/N-ethyl adjacent to an activating group) is 1. The first-order chi connectivity index (χ1) is 11.8. The summed E-state index contributed by atoms with van der Waals surface area (Å²) in [6.07, 6.45) is 0.561. The third-order valence-corrected chi connectivity index (χ3v) is 4.81. The fraction of sp³-hybridized carbons (Fsp3) is 0.562. The number of carbonyl (C=O) groups excluding carboxylic acids is 1. The molecule has 1 aromatic rings. The van der Waals surface area contributed by atoms with E-state index in [2.05, 4.69) is 4.74 Å². The number of likely N-dealkylation sites (tertiary alicyclic amines) is 1. The van der Waals surface area contributed by atoms with Gasteiger partial charge < -0.3 is 14.4 Å². The van der Waals surface area contributed by atoms with E-state index in [9.17, 15) is 22.4 Å². The molecule has 0 bridgehead atoms. The van der Waals surface area contributed by atoms with Gasteiger partial charge in [-0.3, -0.25) is 4.90 Å². The second-order valence-corrected chi connectivity index (χ2v) is 6.45. The van der Waals surface area contributed by atoms with Crippen molar-refractivity contribution in [1.29, 1.82) is 0 Å². The van der Waals surface area contributed by atoms with Gasteiger partial charge in [0.15, 0.2) is 17.4 Å². The summed E-state index contributed by atoms with van der Waals surface area (Å²) in [7, 11) is 2.57. The number of amides is 1. The van der Waals surface area contributed by atoms with E-state index in [1.54, 1.807) is 11.9 Å². The van der Waals surface area contributed by atoms with Crippen LogP contribution in [0, 0.1) is 23.3 Å². The van der Waals surface area contributed by atoms with Crippen molar-refractivity contribution >= 4 is 6.09 Å². The van der Waals surface area contributed by atoms with Crippen molar-refractivity contribution in [2.24, 2.45) is 0 Å². The quantitative estimate of drug-likeness (QED) is 0.613. The van der Waals surface area contributed by atoms with Crippen LogP contribution in [0.25, 0.3) is 0 Å². The van der Waals surface area contributed by atoms with E-state index in [1.165, 1.54) is 4.90 Å². The Morgan fingerprint density at radius 2 is 1.64 bits per heavy atom. The molecule has 0 radical (unpaired) electrons. The minimum atomic E-state index is -1.55. The van der Waals surface area contributed by atoms with Gasteiger partial charge >= 0.3 is 6.09 Å². The first-order valence-corrected chi connectivity index (χ1v) is 7.83. The second-order valence-electron chi connectivity index (χ2n) is 6.45. The number of halogens is 4. The van der Waals surface area contributed by atoms with Crippen LogP contribution in [-0.2, 0) is 11.3 Å². The van der Waals surface area contributed by atoms with Gasteiger partial charge in [-0.25, -0.2) is 13.6 Å². The molecule has 0 aliphatic carbocycles. The molecule has 3 rings (SSSR count). The molecule has 9 heteroatoms. The third kappa shape index (κ3) is 3.01. The van der Waals surface area contributed by atoms with Crippen molar-refractivity contribution in [2.45, 2.75) is 25.0 Å². The van der Waals surface area contributed by atoms with Crippen LogP contribution in [-0.4, -0.2) is 55.3 Å². The summed E-state index contributed by atoms with van der Waals surface area (Å²) in [6.45, 7) is 0.939. The van der Waals surface area contributed by atoms with E-state index in [0.717, 1.165) is 7.11 Å². The smallest absolute Gasteiger partial charge is 0.410 e. The maximum atomic E-state index is 14.1. The molecule has 0 N–H and O–H groups in total. The maximum Gasteiger partial charge on any atom is 0.410 e. The third-order valence-electron chi connectivity index (χ3n) is 4.81. The summed E-state index contributed by atoms with van der Waals surface area (Å²) < 4.78 is 65.5. The molecule has 25 heavy (non-hydrogen) atoms. The van der Waals surface area contributed by atoms with E-state index in [0.29, 0.717) is 32.5 Å². The van der Waals surface area contributed by atoms with Gasteiger partial charge in [-0.15, -0.1) is 0 Å². The van der Waals surface area contributed by atoms with Crippen molar-refractivity contribution in [2.75, 3.05) is 33.8 Å². The predicted octanol–water partition coefficient (Wildman–Crippen LogP) is 2.67. The Labute approximate surface area is 142 Å². The fourth-order valence-electron chi connectivity index (χ4n) is 3.37. The monoisotopic (exact) mass is 362 g/mol. The summed E-state index contributed by atoms with van der Waals surface area (Å²) in [5, 5.41) is 0. The van der Waals surface area contributed by atoms with Crippen LogP contribution in [0.5, 0.6) is 5.75 Å². The van der Waals surface area contributed by atoms with E-state index < -0.39 is 46.3 Å². The minimum absolute atomic E-state index is 0.282. The zero-order chi connectivity index (χ0) is 18.4. The second kappa shape index (κ2) is 6.36. The van der Waals surface area contributed by atoms with Crippen LogP contribution in [0.4, 0.5) is 22.4 Å². The van der Waals surface area contributed by atoms with Crippen molar-refractivity contribution in [3.05, 3.63) is 28.8 Å². The molecule has 1 aromatic carbocycles. The largest absolute Gasteiger partial charge is 0.491 e. The highest BCUT2D eigenvalue weighted by Gasteiger charge is 2.45. The summed E-state index contributed by atoms with van der Waals surface area (Å²) >= 11 is 0. The van der Waals surface area contributed by atoms with Crippen molar-refractivity contribution < 1.29 is 31.8 Å². The number of piperidine rings is 1. The van der Waals surface area contributed by atoms with Crippen LogP contribution < -0.4 is 4.74 Å². The summed E-state index contributed by atoms with van der Waals surface area (Å²) in [5.41, 5.74) is -1.28. The van der Waals surface area contributed by atoms with Crippen molar-refractivity contribution in [1.82, 2.24) is 9.80 Å². The highest BCUT2D eigenvalue weighted by molar-refractivity contribution is 5.70. The van der Waals surface area contributed by atoms with Gasteiger partial charge in [0.1, 0.15) is 5.60 Å². The van der Waals surface area contributed by atoms with Crippen molar-refractivity contribution in [3.63, 3.8) is 0 Å². The normalized spacial score (nSPS) is 20.2. The topological polar surface area (TPSA) is 42.0 Å². The molecule has 2 fully saturated rings. The number of carbonyl (C=O) groups is 1. The summed E-state index contributed by atoms with van der Waals surface area (Å²) in [5.74, 6) is -7.07. The molecular weight excluding hydrogens is 344 g/mol. The molecule has 1 spiro atoms. The molecule has 0 aromatic heterocycles. The van der Waals surface area contributed by atoms with Gasteiger partial charge in [0.25, 0.3) is 0 Å². The van der Waals surface area contributed by atoms with E-state index in [-0.39, 0.29) is 6.54 Å². The van der Waals surface area contributed by atoms with Crippen LogP contribution in [0.2, 0.25) is 0 Å². The Morgan fingerprint density at radius 1 is 1.08 bits per heavy atom. The number of benzene rings is 1. The number of ether oxygens (including phenoxy) is 2. The molecule has 1 amide bonds. The predicted molar refractivity (Wildman–Crippen MR) is 79.2 cm³/mol. The van der Waals surface area contributed by atoms with Gasteiger partial charge in [0.05, 0.1) is 13.7 Å². The molecule has 0 atom stereocenters. The number of hydrogen-bond donors (Lipinski definition) is 0. The van der Waals surface area contributed by atoms with Crippen LogP contribution in [0.15, 0.2) is 0 Å². The molecular formula is C16H18F4N2O3. The summed E-state index contributed by atoms with van der Waals surface area (Å²) in [4.78, 5) is 14.7.